The lowest BCUT2D eigenvalue weighted by Crippen LogP contribution is -2.28. The molecular formula is C29H33N3O6S. The minimum absolute atomic E-state index is 0.0915. The van der Waals surface area contributed by atoms with Gasteiger partial charge in [-0.2, -0.15) is 0 Å². The number of carbonyl (C=O) groups excluding carboxylic acids is 1. The molecule has 10 heteroatoms. The van der Waals surface area contributed by atoms with Gasteiger partial charge >= 0.3 is 0 Å². The fourth-order valence-corrected chi connectivity index (χ4v) is 5.75. The summed E-state index contributed by atoms with van der Waals surface area (Å²) in [4.78, 5) is 18.1. The zero-order valence-electron chi connectivity index (χ0n) is 21.9. The van der Waals surface area contributed by atoms with Crippen molar-refractivity contribution in [3.63, 3.8) is 0 Å². The molecule has 3 aromatic rings. The Morgan fingerprint density at radius 3 is 2.67 bits per heavy atom. The Morgan fingerprint density at radius 1 is 1.13 bits per heavy atom. The molecule has 1 aliphatic heterocycles. The zero-order chi connectivity index (χ0) is 27.5. The number of anilines is 1. The summed E-state index contributed by atoms with van der Waals surface area (Å²) in [6.45, 7) is 3.03. The van der Waals surface area contributed by atoms with Crippen molar-refractivity contribution in [1.29, 1.82) is 0 Å². The zero-order valence-corrected chi connectivity index (χ0v) is 22.7. The highest BCUT2D eigenvalue weighted by molar-refractivity contribution is 7.89. The van der Waals surface area contributed by atoms with E-state index in [1.807, 2.05) is 37.3 Å². The highest BCUT2D eigenvalue weighted by Crippen LogP contribution is 2.50. The molecule has 206 valence electrons. The van der Waals surface area contributed by atoms with Gasteiger partial charge in [-0.05, 0) is 67.5 Å². The van der Waals surface area contributed by atoms with E-state index < -0.39 is 15.4 Å². The lowest BCUT2D eigenvalue weighted by Gasteiger charge is -2.21. The van der Waals surface area contributed by atoms with E-state index in [1.54, 1.807) is 30.3 Å². The van der Waals surface area contributed by atoms with Crippen LogP contribution in [0.5, 0.6) is 5.75 Å². The molecule has 2 aliphatic rings. The monoisotopic (exact) mass is 551 g/mol. The minimum Gasteiger partial charge on any atom is -0.467 e. The summed E-state index contributed by atoms with van der Waals surface area (Å²) in [7, 11) is -3.64. The second-order valence-corrected chi connectivity index (χ2v) is 12.0. The summed E-state index contributed by atoms with van der Waals surface area (Å²) in [6, 6.07) is 17.7. The van der Waals surface area contributed by atoms with Gasteiger partial charge in [-0.25, -0.2) is 18.1 Å². The average molecular weight is 552 g/mol. The predicted octanol–water partition coefficient (Wildman–Crippen LogP) is 3.97. The smallest absolute Gasteiger partial charge is 0.240 e. The van der Waals surface area contributed by atoms with Crippen molar-refractivity contribution in [1.82, 2.24) is 9.71 Å². The van der Waals surface area contributed by atoms with Crippen LogP contribution in [0.2, 0.25) is 0 Å². The molecule has 0 saturated heterocycles. The van der Waals surface area contributed by atoms with Crippen LogP contribution in [0.25, 0.3) is 11.3 Å². The highest BCUT2D eigenvalue weighted by Gasteiger charge is 2.51. The van der Waals surface area contributed by atoms with Gasteiger partial charge in [0.2, 0.25) is 15.9 Å². The van der Waals surface area contributed by atoms with Crippen molar-refractivity contribution in [2.75, 3.05) is 25.3 Å². The summed E-state index contributed by atoms with van der Waals surface area (Å²) in [5.41, 5.74) is 2.64. The van der Waals surface area contributed by atoms with E-state index in [9.17, 15) is 13.2 Å². The van der Waals surface area contributed by atoms with Crippen molar-refractivity contribution in [2.45, 2.75) is 49.5 Å². The largest absolute Gasteiger partial charge is 0.467 e. The van der Waals surface area contributed by atoms with Gasteiger partial charge in [0.1, 0.15) is 11.6 Å². The first-order valence-corrected chi connectivity index (χ1v) is 14.6. The molecule has 1 saturated carbocycles. The molecule has 0 radical (unpaired) electrons. The summed E-state index contributed by atoms with van der Waals surface area (Å²) < 4.78 is 38.8. The molecule has 3 N–H and O–H groups in total. The van der Waals surface area contributed by atoms with Crippen molar-refractivity contribution < 1.29 is 27.8 Å². The van der Waals surface area contributed by atoms with Crippen LogP contribution in [-0.4, -0.2) is 44.4 Å². The second kappa shape index (κ2) is 11.4. The maximum absolute atomic E-state index is 13.3. The lowest BCUT2D eigenvalue weighted by molar-refractivity contribution is -0.118. The van der Waals surface area contributed by atoms with E-state index in [-0.39, 0.29) is 30.1 Å². The molecule has 9 nitrogen and oxygen atoms in total. The summed E-state index contributed by atoms with van der Waals surface area (Å²) in [5, 5.41) is 12.1. The SMILES string of the molecule is C[C@@H](CO)CCCNS(=O)(=O)c1ccc(-c2cccc(NC(=O)C3(c4ccc5c(c4)OCOC5)CC3)n2)cc1. The third-order valence-corrected chi connectivity index (χ3v) is 8.77. The van der Waals surface area contributed by atoms with Crippen molar-refractivity contribution in [3.05, 3.63) is 71.8 Å². The van der Waals surface area contributed by atoms with Gasteiger partial charge in [0.15, 0.2) is 6.79 Å². The molecule has 1 aliphatic carbocycles. The van der Waals surface area contributed by atoms with Gasteiger partial charge in [-0.15, -0.1) is 0 Å². The van der Waals surface area contributed by atoms with E-state index in [0.29, 0.717) is 31.1 Å². The van der Waals surface area contributed by atoms with Gasteiger partial charge in [0, 0.05) is 24.3 Å². The Balaban J connectivity index is 1.24. The van der Waals surface area contributed by atoms with E-state index in [2.05, 4.69) is 15.0 Å². The number of rotatable bonds is 11. The fourth-order valence-electron chi connectivity index (χ4n) is 4.67. The van der Waals surface area contributed by atoms with Crippen LogP contribution < -0.4 is 14.8 Å². The molecule has 0 bridgehead atoms. The third-order valence-electron chi connectivity index (χ3n) is 7.29. The van der Waals surface area contributed by atoms with Crippen LogP contribution in [-0.2, 0) is 31.6 Å². The van der Waals surface area contributed by atoms with Crippen LogP contribution in [0.15, 0.2) is 65.6 Å². The van der Waals surface area contributed by atoms with Crippen LogP contribution in [0.1, 0.15) is 43.7 Å². The van der Waals surface area contributed by atoms with Crippen molar-refractivity contribution in [3.8, 4) is 17.0 Å². The Hall–Kier alpha value is -3.31. The Morgan fingerprint density at radius 2 is 1.92 bits per heavy atom. The Kier molecular flexibility index (Phi) is 7.99. The first-order chi connectivity index (χ1) is 18.8. The first kappa shape index (κ1) is 27.3. The summed E-state index contributed by atoms with van der Waals surface area (Å²) in [5.74, 6) is 1.22. The van der Waals surface area contributed by atoms with Crippen molar-refractivity contribution in [2.24, 2.45) is 5.92 Å². The molecule has 0 spiro atoms. The quantitative estimate of drug-likeness (QED) is 0.308. The number of aliphatic hydroxyl groups is 1. The number of amides is 1. The van der Waals surface area contributed by atoms with Crippen molar-refractivity contribution >= 4 is 21.7 Å². The van der Waals surface area contributed by atoms with Crippen LogP contribution >= 0.6 is 0 Å². The summed E-state index contributed by atoms with van der Waals surface area (Å²) in [6.07, 6.45) is 2.89. The minimum atomic E-state index is -3.64. The van der Waals surface area contributed by atoms with Crippen LogP contribution in [0.4, 0.5) is 5.82 Å². The van der Waals surface area contributed by atoms with Crippen LogP contribution in [0.3, 0.4) is 0 Å². The standard InChI is InChI=1S/C29H33N3O6S/c1-20(17-33)4-3-15-30-39(35,36)24-11-8-21(9-12-24)25-5-2-6-27(31-25)32-28(34)29(13-14-29)23-10-7-22-18-37-19-38-26(22)16-23/h2,5-12,16,20,30,33H,3-4,13-15,17-19H2,1H3,(H,31,32,34)/t20-/m1/s1. The topological polar surface area (TPSA) is 127 Å². The van der Waals surface area contributed by atoms with Gasteiger partial charge < -0.3 is 19.9 Å². The van der Waals surface area contributed by atoms with Gasteiger partial charge in [0.25, 0.3) is 0 Å². The normalized spacial score (nSPS) is 16.6. The number of carbonyl (C=O) groups is 1. The number of sulfonamides is 1. The number of aliphatic hydroxyl groups excluding tert-OH is 1. The van der Waals surface area contributed by atoms with Gasteiger partial charge in [-0.1, -0.05) is 37.3 Å². The lowest BCUT2D eigenvalue weighted by atomic mass is 9.93. The summed E-state index contributed by atoms with van der Waals surface area (Å²) >= 11 is 0. The number of ether oxygens (including phenoxy) is 2. The number of hydrogen-bond donors (Lipinski definition) is 3. The number of pyridine rings is 1. The number of hydrogen-bond acceptors (Lipinski definition) is 7. The maximum atomic E-state index is 13.3. The average Bonchev–Trinajstić information content (AvgIpc) is 3.77. The number of fused-ring (bicyclic) bond motifs is 1. The van der Waals surface area contributed by atoms with E-state index in [4.69, 9.17) is 14.6 Å². The molecule has 0 unspecified atom stereocenters. The number of nitrogens with zero attached hydrogens (tertiary/aromatic N) is 1. The second-order valence-electron chi connectivity index (χ2n) is 10.2. The Labute approximate surface area is 228 Å². The number of nitrogens with one attached hydrogen (secondary N) is 2. The van der Waals surface area contributed by atoms with E-state index in [0.717, 1.165) is 41.7 Å². The maximum Gasteiger partial charge on any atom is 0.240 e. The number of aromatic nitrogens is 1. The van der Waals surface area contributed by atoms with E-state index in [1.165, 1.54) is 0 Å². The third kappa shape index (κ3) is 6.14. The molecule has 1 amide bonds. The van der Waals surface area contributed by atoms with E-state index >= 15 is 0 Å². The first-order valence-electron chi connectivity index (χ1n) is 13.1. The molecule has 2 heterocycles. The van der Waals surface area contributed by atoms with Gasteiger partial charge in [0.05, 0.1) is 22.6 Å². The molecule has 1 fully saturated rings. The predicted molar refractivity (Wildman–Crippen MR) is 147 cm³/mol. The van der Waals surface area contributed by atoms with Crippen LogP contribution in [0, 0.1) is 5.92 Å². The van der Waals surface area contributed by atoms with Gasteiger partial charge in [-0.3, -0.25) is 4.79 Å². The Bertz CT molecular complexity index is 1440. The highest BCUT2D eigenvalue weighted by atomic mass is 32.2. The molecule has 5 rings (SSSR count). The number of benzene rings is 2. The molecule has 39 heavy (non-hydrogen) atoms. The fraction of sp³-hybridized carbons (Fsp3) is 0.379. The molecular weight excluding hydrogens is 518 g/mol. The molecule has 1 aromatic heterocycles. The molecule has 1 atom stereocenters. The molecule has 2 aromatic carbocycles.